The predicted octanol–water partition coefficient (Wildman–Crippen LogP) is 2.67. The van der Waals surface area contributed by atoms with Gasteiger partial charge in [-0.25, -0.2) is 4.79 Å². The van der Waals surface area contributed by atoms with E-state index in [1.807, 2.05) is 44.2 Å². The van der Waals surface area contributed by atoms with Crippen molar-refractivity contribution in [1.29, 1.82) is 0 Å². The molecule has 3 atom stereocenters. The monoisotopic (exact) mass is 361 g/mol. The number of nitrogens with zero attached hydrogens (tertiary/aromatic N) is 1. The number of alkyl carbamates (subject to hydrolysis) is 1. The molecule has 0 aliphatic heterocycles. The summed E-state index contributed by atoms with van der Waals surface area (Å²) in [6.45, 7) is 4.11. The first-order chi connectivity index (χ1) is 12.4. The third-order valence-corrected chi connectivity index (χ3v) is 5.09. The molecule has 1 aromatic rings. The van der Waals surface area contributed by atoms with Gasteiger partial charge in [-0.2, -0.15) is 0 Å². The molecule has 1 fully saturated rings. The van der Waals surface area contributed by atoms with Crippen LogP contribution in [0.2, 0.25) is 0 Å². The summed E-state index contributed by atoms with van der Waals surface area (Å²) in [5, 5.41) is 2.95. The Morgan fingerprint density at radius 3 is 2.54 bits per heavy atom. The lowest BCUT2D eigenvalue weighted by Crippen LogP contribution is -2.57. The maximum Gasteiger partial charge on any atom is 0.407 e. The second kappa shape index (κ2) is 9.57. The summed E-state index contributed by atoms with van der Waals surface area (Å²) in [6.07, 6.45) is 3.31. The molecule has 0 bridgehead atoms. The maximum atomic E-state index is 12.6. The number of amides is 2. The highest BCUT2D eigenvalue weighted by Gasteiger charge is 2.34. The second-order valence-corrected chi connectivity index (χ2v) is 7.38. The van der Waals surface area contributed by atoms with E-state index in [0.29, 0.717) is 0 Å². The van der Waals surface area contributed by atoms with Gasteiger partial charge < -0.3 is 20.7 Å². The number of benzene rings is 1. The highest BCUT2D eigenvalue weighted by molar-refractivity contribution is 5.82. The Bertz CT molecular complexity index is 591. The van der Waals surface area contributed by atoms with Gasteiger partial charge >= 0.3 is 6.09 Å². The Balaban J connectivity index is 1.92. The Hall–Kier alpha value is -2.08. The highest BCUT2D eigenvalue weighted by atomic mass is 16.5. The average molecular weight is 361 g/mol. The topological polar surface area (TPSA) is 84.7 Å². The predicted molar refractivity (Wildman–Crippen MR) is 101 cm³/mol. The van der Waals surface area contributed by atoms with E-state index in [2.05, 4.69) is 5.32 Å². The zero-order chi connectivity index (χ0) is 19.1. The van der Waals surface area contributed by atoms with Gasteiger partial charge in [-0.15, -0.1) is 0 Å². The quantitative estimate of drug-likeness (QED) is 0.816. The smallest absolute Gasteiger partial charge is 0.407 e. The zero-order valence-corrected chi connectivity index (χ0v) is 16.0. The van der Waals surface area contributed by atoms with Crippen LogP contribution < -0.4 is 11.1 Å². The second-order valence-electron chi connectivity index (χ2n) is 7.38. The molecule has 0 heterocycles. The van der Waals surface area contributed by atoms with Crippen molar-refractivity contribution in [3.63, 3.8) is 0 Å². The van der Waals surface area contributed by atoms with Crippen molar-refractivity contribution in [2.75, 3.05) is 7.05 Å². The Morgan fingerprint density at radius 2 is 1.88 bits per heavy atom. The van der Waals surface area contributed by atoms with Crippen LogP contribution in [0.5, 0.6) is 0 Å². The fourth-order valence-corrected chi connectivity index (χ4v) is 3.34. The third-order valence-electron chi connectivity index (χ3n) is 5.09. The fourth-order valence-electron chi connectivity index (χ4n) is 3.34. The van der Waals surface area contributed by atoms with E-state index in [9.17, 15) is 9.59 Å². The lowest BCUT2D eigenvalue weighted by atomic mass is 9.88. The number of carbonyl (C=O) groups excluding carboxylic acids is 2. The number of hydrogen-bond acceptors (Lipinski definition) is 4. The number of nitrogens with one attached hydrogen (secondary N) is 1. The molecule has 1 aliphatic rings. The number of nitrogens with two attached hydrogens (primary N) is 1. The summed E-state index contributed by atoms with van der Waals surface area (Å²) in [5.74, 6) is 0.00661. The lowest BCUT2D eigenvalue weighted by molar-refractivity contribution is -0.135. The molecule has 6 nitrogen and oxygen atoms in total. The van der Waals surface area contributed by atoms with Gasteiger partial charge in [0, 0.05) is 7.05 Å². The summed E-state index contributed by atoms with van der Waals surface area (Å²) >= 11 is 0. The zero-order valence-electron chi connectivity index (χ0n) is 16.0. The molecule has 1 saturated carbocycles. The van der Waals surface area contributed by atoms with Crippen LogP contribution in [-0.4, -0.2) is 42.1 Å². The van der Waals surface area contributed by atoms with Gasteiger partial charge in [0.05, 0.1) is 18.1 Å². The third kappa shape index (κ3) is 5.46. The molecule has 1 aromatic carbocycles. The molecule has 0 spiro atoms. The summed E-state index contributed by atoms with van der Waals surface area (Å²) in [5.41, 5.74) is 6.97. The fraction of sp³-hybridized carbons (Fsp3) is 0.600. The molecule has 0 aromatic heterocycles. The molecule has 3 unspecified atom stereocenters. The highest BCUT2D eigenvalue weighted by Crippen LogP contribution is 2.23. The largest absolute Gasteiger partial charge is 0.445 e. The average Bonchev–Trinajstić information content (AvgIpc) is 2.65. The van der Waals surface area contributed by atoms with Gasteiger partial charge in [0.25, 0.3) is 0 Å². The number of hydrogen-bond donors (Lipinski definition) is 2. The Morgan fingerprint density at radius 1 is 1.23 bits per heavy atom. The van der Waals surface area contributed by atoms with E-state index in [-0.39, 0.29) is 30.5 Å². The van der Waals surface area contributed by atoms with Crippen molar-refractivity contribution < 1.29 is 14.3 Å². The van der Waals surface area contributed by atoms with E-state index in [0.717, 1.165) is 31.2 Å². The van der Waals surface area contributed by atoms with Gasteiger partial charge in [-0.1, -0.05) is 57.0 Å². The van der Waals surface area contributed by atoms with Crippen LogP contribution in [-0.2, 0) is 16.1 Å². The van der Waals surface area contributed by atoms with Crippen molar-refractivity contribution >= 4 is 12.0 Å². The van der Waals surface area contributed by atoms with Gasteiger partial charge in [0.15, 0.2) is 0 Å². The van der Waals surface area contributed by atoms with Gasteiger partial charge in [-0.3, -0.25) is 4.79 Å². The van der Waals surface area contributed by atoms with Crippen molar-refractivity contribution in [2.45, 2.75) is 64.3 Å². The summed E-state index contributed by atoms with van der Waals surface area (Å²) in [4.78, 5) is 26.5. The number of rotatable bonds is 6. The molecule has 3 N–H and O–H groups in total. The maximum absolute atomic E-state index is 12.6. The summed E-state index contributed by atoms with van der Waals surface area (Å²) in [7, 11) is 1.78. The molecule has 6 heteroatoms. The SMILES string of the molecule is CC(C)C(N)C(=O)N(C)C1CCCCC1NC(=O)OCc1ccccc1. The Labute approximate surface area is 156 Å². The molecular formula is C20H31N3O3. The molecule has 0 saturated heterocycles. The van der Waals surface area contributed by atoms with Crippen LogP contribution in [0.4, 0.5) is 4.79 Å². The van der Waals surface area contributed by atoms with Crippen molar-refractivity contribution in [2.24, 2.45) is 11.7 Å². The van der Waals surface area contributed by atoms with Gasteiger partial charge in [0.2, 0.25) is 5.91 Å². The molecule has 2 amide bonds. The minimum absolute atomic E-state index is 0.0506. The van der Waals surface area contributed by atoms with Crippen LogP contribution in [0.15, 0.2) is 30.3 Å². The molecular weight excluding hydrogens is 330 g/mol. The molecule has 2 rings (SSSR count). The number of ether oxygens (including phenoxy) is 1. The first-order valence-electron chi connectivity index (χ1n) is 9.39. The normalized spacial score (nSPS) is 21.1. The molecule has 0 radical (unpaired) electrons. The minimum Gasteiger partial charge on any atom is -0.445 e. The summed E-state index contributed by atoms with van der Waals surface area (Å²) < 4.78 is 5.33. The van der Waals surface area contributed by atoms with E-state index >= 15 is 0 Å². The van der Waals surface area contributed by atoms with Gasteiger partial charge in [-0.05, 0) is 24.3 Å². The van der Waals surface area contributed by atoms with Crippen molar-refractivity contribution in [3.8, 4) is 0 Å². The minimum atomic E-state index is -0.521. The van der Waals surface area contributed by atoms with Crippen LogP contribution in [0, 0.1) is 5.92 Å². The van der Waals surface area contributed by atoms with E-state index in [4.69, 9.17) is 10.5 Å². The van der Waals surface area contributed by atoms with E-state index in [1.54, 1.807) is 11.9 Å². The van der Waals surface area contributed by atoms with Crippen LogP contribution in [0.1, 0.15) is 45.1 Å². The van der Waals surface area contributed by atoms with Crippen molar-refractivity contribution in [1.82, 2.24) is 10.2 Å². The first kappa shape index (κ1) is 20.2. The molecule has 26 heavy (non-hydrogen) atoms. The number of carbonyl (C=O) groups is 2. The first-order valence-corrected chi connectivity index (χ1v) is 9.39. The Kier molecular flexibility index (Phi) is 7.45. The van der Waals surface area contributed by atoms with Crippen LogP contribution in [0.25, 0.3) is 0 Å². The standard InChI is InChI=1S/C20H31N3O3/c1-14(2)18(21)19(24)23(3)17-12-8-7-11-16(17)22-20(25)26-13-15-9-5-4-6-10-15/h4-6,9-10,14,16-18H,7-8,11-13,21H2,1-3H3,(H,22,25). The van der Waals surface area contributed by atoms with E-state index in [1.165, 1.54) is 0 Å². The van der Waals surface area contributed by atoms with Crippen LogP contribution >= 0.6 is 0 Å². The number of likely N-dealkylation sites (N-methyl/N-ethyl adjacent to an activating group) is 1. The van der Waals surface area contributed by atoms with E-state index < -0.39 is 12.1 Å². The van der Waals surface area contributed by atoms with Crippen LogP contribution in [0.3, 0.4) is 0 Å². The van der Waals surface area contributed by atoms with Gasteiger partial charge in [0.1, 0.15) is 6.61 Å². The lowest BCUT2D eigenvalue weighted by Gasteiger charge is -2.39. The van der Waals surface area contributed by atoms with Crippen molar-refractivity contribution in [3.05, 3.63) is 35.9 Å². The summed E-state index contributed by atoms with van der Waals surface area (Å²) in [6, 6.07) is 8.88. The molecule has 144 valence electrons. The molecule has 1 aliphatic carbocycles.